The van der Waals surface area contributed by atoms with Crippen molar-refractivity contribution in [1.29, 1.82) is 0 Å². The van der Waals surface area contributed by atoms with Crippen molar-refractivity contribution in [1.82, 2.24) is 10.2 Å². The van der Waals surface area contributed by atoms with Crippen molar-refractivity contribution >= 4 is 39.1 Å². The summed E-state index contributed by atoms with van der Waals surface area (Å²) in [5.41, 5.74) is 2.17. The van der Waals surface area contributed by atoms with Gasteiger partial charge < -0.3 is 15.0 Å². The molecule has 0 radical (unpaired) electrons. The van der Waals surface area contributed by atoms with Gasteiger partial charge in [-0.15, -0.1) is 0 Å². The van der Waals surface area contributed by atoms with Crippen molar-refractivity contribution in [3.05, 3.63) is 88.9 Å². The summed E-state index contributed by atoms with van der Waals surface area (Å²) in [6.45, 7) is 5.70. The van der Waals surface area contributed by atoms with Crippen LogP contribution in [0.1, 0.15) is 31.4 Å². The molecule has 0 aliphatic rings. The molecule has 0 aliphatic heterocycles. The number of rotatable bonds is 12. The van der Waals surface area contributed by atoms with Crippen molar-refractivity contribution in [2.45, 2.75) is 44.7 Å². The number of likely N-dealkylation sites (N-methyl/N-ethyl adjacent to an activating group) is 1. The molecule has 1 unspecified atom stereocenters. The molecule has 0 bridgehead atoms. The van der Waals surface area contributed by atoms with E-state index in [2.05, 4.69) is 5.32 Å². The van der Waals surface area contributed by atoms with Gasteiger partial charge in [-0.05, 0) is 74.4 Å². The fourth-order valence-corrected chi connectivity index (χ4v) is 5.65. The maximum absolute atomic E-state index is 13.9. The van der Waals surface area contributed by atoms with Crippen LogP contribution in [0.15, 0.2) is 77.7 Å². The Bertz CT molecular complexity index is 1360. The van der Waals surface area contributed by atoms with E-state index in [1.807, 2.05) is 45.0 Å². The lowest BCUT2D eigenvalue weighted by atomic mass is 10.1. The number of nitrogens with one attached hydrogen (secondary N) is 1. The maximum atomic E-state index is 13.9. The van der Waals surface area contributed by atoms with E-state index in [1.54, 1.807) is 24.3 Å². The number of ether oxygens (including phenoxy) is 1. The fourth-order valence-electron chi connectivity index (χ4n) is 4.11. The summed E-state index contributed by atoms with van der Waals surface area (Å²) in [5, 5.41) is 3.01. The molecule has 10 heteroatoms. The van der Waals surface area contributed by atoms with Crippen LogP contribution in [0.4, 0.5) is 5.69 Å². The quantitative estimate of drug-likeness (QED) is 0.337. The molecule has 3 aromatic carbocycles. The molecular formula is C29H34ClN3O5S. The maximum Gasteiger partial charge on any atom is 0.264 e. The molecule has 1 atom stereocenters. The Morgan fingerprint density at radius 2 is 1.56 bits per heavy atom. The van der Waals surface area contributed by atoms with Crippen LogP contribution >= 0.6 is 11.6 Å². The molecule has 0 saturated carbocycles. The molecule has 0 aliphatic carbocycles. The van der Waals surface area contributed by atoms with Gasteiger partial charge in [0.05, 0.1) is 17.2 Å². The predicted octanol–water partition coefficient (Wildman–Crippen LogP) is 4.80. The Morgan fingerprint density at radius 3 is 2.10 bits per heavy atom. The molecule has 0 spiro atoms. The minimum absolute atomic E-state index is 0.0167. The topological polar surface area (TPSA) is 96.0 Å². The number of aryl methyl sites for hydroxylation is 1. The molecule has 1 N–H and O–H groups in total. The first-order valence-corrected chi connectivity index (χ1v) is 14.5. The zero-order valence-corrected chi connectivity index (χ0v) is 24.1. The molecule has 3 aromatic rings. The summed E-state index contributed by atoms with van der Waals surface area (Å²) < 4.78 is 34.2. The summed E-state index contributed by atoms with van der Waals surface area (Å²) in [6, 6.07) is 19.1. The second-order valence-electron chi connectivity index (χ2n) is 8.94. The third kappa shape index (κ3) is 7.52. The molecule has 39 heavy (non-hydrogen) atoms. The lowest BCUT2D eigenvalue weighted by Crippen LogP contribution is -2.51. The molecule has 2 amide bonds. The highest BCUT2D eigenvalue weighted by Gasteiger charge is 2.33. The summed E-state index contributed by atoms with van der Waals surface area (Å²) in [5.74, 6) is -0.272. The van der Waals surface area contributed by atoms with Gasteiger partial charge in [-0.25, -0.2) is 8.42 Å². The molecular weight excluding hydrogens is 538 g/mol. The van der Waals surface area contributed by atoms with E-state index < -0.39 is 28.5 Å². The Balaban J connectivity index is 2.05. The van der Waals surface area contributed by atoms with Crippen molar-refractivity contribution in [3.63, 3.8) is 0 Å². The van der Waals surface area contributed by atoms with Crippen molar-refractivity contribution in [2.24, 2.45) is 0 Å². The molecule has 0 fully saturated rings. The standard InChI is InChI=1S/C29H34ClN3O5S/c1-5-27(29(35)31-4)32(19-22-9-7-21(3)8-10-22)28(34)20-33(24-13-15-25(16-14-24)38-6-2)39(36,37)26-17-11-23(30)12-18-26/h7-18,27H,5-6,19-20H2,1-4H3,(H,31,35). The van der Waals surface area contributed by atoms with Gasteiger partial charge in [0.2, 0.25) is 11.8 Å². The van der Waals surface area contributed by atoms with E-state index in [0.717, 1.165) is 15.4 Å². The third-order valence-electron chi connectivity index (χ3n) is 6.22. The number of carbonyl (C=O) groups is 2. The second-order valence-corrected chi connectivity index (χ2v) is 11.2. The Labute approximate surface area is 235 Å². The van der Waals surface area contributed by atoms with Crippen molar-refractivity contribution < 1.29 is 22.7 Å². The van der Waals surface area contributed by atoms with E-state index >= 15 is 0 Å². The van der Waals surface area contributed by atoms with Crippen LogP contribution < -0.4 is 14.4 Å². The number of amides is 2. The van der Waals surface area contributed by atoms with Crippen LogP contribution in [-0.4, -0.2) is 51.4 Å². The van der Waals surface area contributed by atoms with Crippen LogP contribution in [0, 0.1) is 6.92 Å². The Morgan fingerprint density at radius 1 is 0.949 bits per heavy atom. The van der Waals surface area contributed by atoms with E-state index in [9.17, 15) is 18.0 Å². The average Bonchev–Trinajstić information content (AvgIpc) is 2.93. The summed E-state index contributed by atoms with van der Waals surface area (Å²) >= 11 is 5.99. The monoisotopic (exact) mass is 571 g/mol. The predicted molar refractivity (Wildman–Crippen MR) is 153 cm³/mol. The average molecular weight is 572 g/mol. The molecule has 0 heterocycles. The molecule has 3 rings (SSSR count). The van der Waals surface area contributed by atoms with Crippen LogP contribution in [0.2, 0.25) is 5.02 Å². The SMILES string of the molecule is CCOc1ccc(N(CC(=O)N(Cc2ccc(C)cc2)C(CC)C(=O)NC)S(=O)(=O)c2ccc(Cl)cc2)cc1. The van der Waals surface area contributed by atoms with Gasteiger partial charge in [-0.2, -0.15) is 0 Å². The van der Waals surface area contributed by atoms with Crippen LogP contribution in [-0.2, 0) is 26.2 Å². The smallest absolute Gasteiger partial charge is 0.264 e. The number of carbonyl (C=O) groups excluding carboxylic acids is 2. The van der Waals surface area contributed by atoms with Gasteiger partial charge in [0.15, 0.2) is 0 Å². The van der Waals surface area contributed by atoms with E-state index in [0.29, 0.717) is 23.8 Å². The molecule has 8 nitrogen and oxygen atoms in total. The van der Waals surface area contributed by atoms with Gasteiger partial charge in [0.1, 0.15) is 18.3 Å². The van der Waals surface area contributed by atoms with Gasteiger partial charge >= 0.3 is 0 Å². The highest BCUT2D eigenvalue weighted by atomic mass is 35.5. The Hall–Kier alpha value is -3.56. The summed E-state index contributed by atoms with van der Waals surface area (Å²) in [4.78, 5) is 28.1. The van der Waals surface area contributed by atoms with Gasteiger partial charge in [-0.3, -0.25) is 13.9 Å². The van der Waals surface area contributed by atoms with Crippen LogP contribution in [0.25, 0.3) is 0 Å². The largest absolute Gasteiger partial charge is 0.494 e. The summed E-state index contributed by atoms with van der Waals surface area (Å²) in [7, 11) is -2.66. The minimum atomic E-state index is -4.18. The highest BCUT2D eigenvalue weighted by molar-refractivity contribution is 7.92. The first kappa shape index (κ1) is 30.0. The number of sulfonamides is 1. The number of nitrogens with zero attached hydrogens (tertiary/aromatic N) is 2. The summed E-state index contributed by atoms with van der Waals surface area (Å²) in [6.07, 6.45) is 0.351. The van der Waals surface area contributed by atoms with Crippen LogP contribution in [0.5, 0.6) is 5.75 Å². The zero-order chi connectivity index (χ0) is 28.6. The van der Waals surface area contributed by atoms with Gasteiger partial charge in [0, 0.05) is 18.6 Å². The van der Waals surface area contributed by atoms with Gasteiger partial charge in [-0.1, -0.05) is 48.4 Å². The molecule has 0 aromatic heterocycles. The number of halogens is 1. The first-order valence-electron chi connectivity index (χ1n) is 12.7. The normalized spacial score (nSPS) is 11.9. The van der Waals surface area contributed by atoms with E-state index in [1.165, 1.54) is 36.2 Å². The van der Waals surface area contributed by atoms with Crippen molar-refractivity contribution in [3.8, 4) is 5.75 Å². The second kappa shape index (κ2) is 13.5. The number of hydrogen-bond acceptors (Lipinski definition) is 5. The highest BCUT2D eigenvalue weighted by Crippen LogP contribution is 2.27. The van der Waals surface area contributed by atoms with E-state index in [4.69, 9.17) is 16.3 Å². The Kier molecular flexibility index (Phi) is 10.4. The van der Waals surface area contributed by atoms with Gasteiger partial charge in [0.25, 0.3) is 10.0 Å². The lowest BCUT2D eigenvalue weighted by molar-refractivity contribution is -0.140. The first-order chi connectivity index (χ1) is 18.6. The zero-order valence-electron chi connectivity index (χ0n) is 22.6. The van der Waals surface area contributed by atoms with Crippen LogP contribution in [0.3, 0.4) is 0 Å². The molecule has 0 saturated heterocycles. The number of benzene rings is 3. The lowest BCUT2D eigenvalue weighted by Gasteiger charge is -2.33. The number of hydrogen-bond donors (Lipinski definition) is 1. The third-order valence-corrected chi connectivity index (χ3v) is 8.26. The van der Waals surface area contributed by atoms with Crippen molar-refractivity contribution in [2.75, 3.05) is 24.5 Å². The fraction of sp³-hybridized carbons (Fsp3) is 0.310. The minimum Gasteiger partial charge on any atom is -0.494 e. The van der Waals surface area contributed by atoms with E-state index in [-0.39, 0.29) is 23.0 Å². The molecule has 208 valence electrons. The number of anilines is 1.